The molecule has 0 amide bonds. The normalized spacial score (nSPS) is 16.7. The summed E-state index contributed by atoms with van der Waals surface area (Å²) >= 11 is 0. The predicted octanol–water partition coefficient (Wildman–Crippen LogP) is 1.99. The van der Waals surface area contributed by atoms with Crippen molar-refractivity contribution < 1.29 is 19.1 Å². The first kappa shape index (κ1) is 18.1. The number of unbranched alkanes of at least 4 members (excludes halogenated alkanes) is 1. The first-order valence-corrected chi connectivity index (χ1v) is 8.94. The van der Waals surface area contributed by atoms with Gasteiger partial charge in [-0.05, 0) is 18.6 Å². The van der Waals surface area contributed by atoms with E-state index >= 15 is 0 Å². The summed E-state index contributed by atoms with van der Waals surface area (Å²) < 4.78 is 11.6. The van der Waals surface area contributed by atoms with Crippen LogP contribution in [0.3, 0.4) is 0 Å². The Balaban J connectivity index is 1.76. The molecule has 0 aliphatic carbocycles. The van der Waals surface area contributed by atoms with Gasteiger partial charge in [-0.3, -0.25) is 9.59 Å². The van der Waals surface area contributed by atoms with Gasteiger partial charge in [-0.2, -0.15) is 0 Å². The van der Waals surface area contributed by atoms with Crippen molar-refractivity contribution in [3.63, 3.8) is 0 Å². The molecule has 1 aliphatic rings. The van der Waals surface area contributed by atoms with E-state index in [9.17, 15) is 14.4 Å². The number of esters is 2. The van der Waals surface area contributed by atoms with Crippen LogP contribution in [0.4, 0.5) is 0 Å². The standard InChI is InChI=1S/C19H22N2O5/c1-2-3-11-21-15-7-5-4-6-13(15)20-14(18(21)23)8-9-17(22)26-16-10-12-25-19(16)24/h4-7,16H,2-3,8-12H2,1H3/t16-/m1/s1. The van der Waals surface area contributed by atoms with Crippen molar-refractivity contribution in [2.45, 2.75) is 51.7 Å². The number of aromatic nitrogens is 2. The minimum absolute atomic E-state index is 0.00185. The van der Waals surface area contributed by atoms with Gasteiger partial charge in [0, 0.05) is 19.4 Å². The lowest BCUT2D eigenvalue weighted by molar-refractivity contribution is -0.160. The van der Waals surface area contributed by atoms with Crippen LogP contribution >= 0.6 is 0 Å². The summed E-state index contributed by atoms with van der Waals surface area (Å²) in [6, 6.07) is 7.48. The minimum atomic E-state index is -0.826. The van der Waals surface area contributed by atoms with E-state index in [1.807, 2.05) is 24.3 Å². The summed E-state index contributed by atoms with van der Waals surface area (Å²) in [6.07, 6.45) is 1.59. The Morgan fingerprint density at radius 3 is 2.88 bits per heavy atom. The SMILES string of the molecule is CCCCn1c(=O)c(CCC(=O)O[C@@H]2CCOC2=O)nc2ccccc21. The minimum Gasteiger partial charge on any atom is -0.463 e. The zero-order chi connectivity index (χ0) is 18.5. The van der Waals surface area contributed by atoms with Crippen molar-refractivity contribution in [2.75, 3.05) is 6.61 Å². The quantitative estimate of drug-likeness (QED) is 0.704. The maximum Gasteiger partial charge on any atom is 0.347 e. The van der Waals surface area contributed by atoms with E-state index < -0.39 is 18.0 Å². The molecule has 2 aromatic rings. The third-order valence-corrected chi connectivity index (χ3v) is 4.38. The van der Waals surface area contributed by atoms with Gasteiger partial charge in [-0.25, -0.2) is 9.78 Å². The topological polar surface area (TPSA) is 87.5 Å². The molecular formula is C19H22N2O5. The van der Waals surface area contributed by atoms with Gasteiger partial charge < -0.3 is 14.0 Å². The number of hydrogen-bond donors (Lipinski definition) is 0. The number of hydrogen-bond acceptors (Lipinski definition) is 6. The molecule has 1 aromatic heterocycles. The summed E-state index contributed by atoms with van der Waals surface area (Å²) in [6.45, 7) is 2.95. The van der Waals surface area contributed by atoms with E-state index in [4.69, 9.17) is 9.47 Å². The Kier molecular flexibility index (Phi) is 5.65. The molecule has 3 rings (SSSR count). The molecule has 1 aromatic carbocycles. The van der Waals surface area contributed by atoms with Gasteiger partial charge >= 0.3 is 11.9 Å². The molecule has 138 valence electrons. The first-order valence-electron chi connectivity index (χ1n) is 8.94. The van der Waals surface area contributed by atoms with Gasteiger partial charge in [0.1, 0.15) is 5.69 Å². The van der Waals surface area contributed by atoms with E-state index in [1.54, 1.807) is 4.57 Å². The number of fused-ring (bicyclic) bond motifs is 1. The Morgan fingerprint density at radius 1 is 1.35 bits per heavy atom. The van der Waals surface area contributed by atoms with Crippen LogP contribution in [-0.2, 0) is 32.0 Å². The number of aryl methyl sites for hydroxylation is 2. The molecule has 2 heterocycles. The van der Waals surface area contributed by atoms with Crippen molar-refractivity contribution >= 4 is 23.0 Å². The van der Waals surface area contributed by atoms with E-state index in [1.165, 1.54) is 0 Å². The van der Waals surface area contributed by atoms with Gasteiger partial charge in [0.25, 0.3) is 5.56 Å². The van der Waals surface area contributed by atoms with Gasteiger partial charge in [0.15, 0.2) is 0 Å². The van der Waals surface area contributed by atoms with Crippen LogP contribution in [0.25, 0.3) is 11.0 Å². The number of ether oxygens (including phenoxy) is 2. The third-order valence-electron chi connectivity index (χ3n) is 4.38. The maximum absolute atomic E-state index is 12.8. The highest BCUT2D eigenvalue weighted by atomic mass is 16.6. The number of nitrogens with zero attached hydrogens (tertiary/aromatic N) is 2. The molecule has 0 saturated carbocycles. The van der Waals surface area contributed by atoms with Crippen LogP contribution in [0.2, 0.25) is 0 Å². The monoisotopic (exact) mass is 358 g/mol. The molecule has 1 saturated heterocycles. The molecule has 1 atom stereocenters. The smallest absolute Gasteiger partial charge is 0.347 e. The second kappa shape index (κ2) is 8.12. The summed E-state index contributed by atoms with van der Waals surface area (Å²) in [7, 11) is 0. The maximum atomic E-state index is 12.8. The lowest BCUT2D eigenvalue weighted by Crippen LogP contribution is -2.27. The lowest BCUT2D eigenvalue weighted by Gasteiger charge is -2.12. The molecule has 0 unspecified atom stereocenters. The van der Waals surface area contributed by atoms with Crippen molar-refractivity contribution in [3.8, 4) is 0 Å². The Bertz CT molecular complexity index is 874. The summed E-state index contributed by atoms with van der Waals surface area (Å²) in [5.41, 5.74) is 1.69. The largest absolute Gasteiger partial charge is 0.463 e. The highest BCUT2D eigenvalue weighted by Crippen LogP contribution is 2.14. The molecular weight excluding hydrogens is 336 g/mol. The number of carbonyl (C=O) groups excluding carboxylic acids is 2. The number of para-hydroxylation sites is 2. The van der Waals surface area contributed by atoms with Crippen molar-refractivity contribution in [3.05, 3.63) is 40.3 Å². The molecule has 7 nitrogen and oxygen atoms in total. The van der Waals surface area contributed by atoms with Gasteiger partial charge in [0.05, 0.1) is 24.1 Å². The Hall–Kier alpha value is -2.70. The molecule has 0 bridgehead atoms. The summed E-state index contributed by atoms with van der Waals surface area (Å²) in [5.74, 6) is -1.03. The number of carbonyl (C=O) groups is 2. The lowest BCUT2D eigenvalue weighted by atomic mass is 10.2. The van der Waals surface area contributed by atoms with E-state index in [-0.39, 0.29) is 25.0 Å². The van der Waals surface area contributed by atoms with Crippen molar-refractivity contribution in [1.29, 1.82) is 0 Å². The van der Waals surface area contributed by atoms with Crippen molar-refractivity contribution in [1.82, 2.24) is 9.55 Å². The zero-order valence-electron chi connectivity index (χ0n) is 14.8. The van der Waals surface area contributed by atoms with Gasteiger partial charge in [0.2, 0.25) is 6.10 Å². The molecule has 0 radical (unpaired) electrons. The predicted molar refractivity (Wildman–Crippen MR) is 94.7 cm³/mol. The van der Waals surface area contributed by atoms with Gasteiger partial charge in [-0.1, -0.05) is 25.5 Å². The zero-order valence-corrected chi connectivity index (χ0v) is 14.8. The summed E-state index contributed by atoms with van der Waals surface area (Å²) in [5, 5.41) is 0. The number of benzene rings is 1. The first-order chi connectivity index (χ1) is 12.6. The number of cyclic esters (lactones) is 1. The van der Waals surface area contributed by atoms with E-state index in [0.29, 0.717) is 18.7 Å². The summed E-state index contributed by atoms with van der Waals surface area (Å²) in [4.78, 5) is 40.5. The fourth-order valence-corrected chi connectivity index (χ4v) is 2.97. The highest BCUT2D eigenvalue weighted by Gasteiger charge is 2.30. The van der Waals surface area contributed by atoms with Crippen LogP contribution in [0.5, 0.6) is 0 Å². The second-order valence-corrected chi connectivity index (χ2v) is 6.29. The average Bonchev–Trinajstić information content (AvgIpc) is 3.04. The van der Waals surface area contributed by atoms with Crippen LogP contribution in [0.1, 0.15) is 38.3 Å². The molecule has 1 fully saturated rings. The van der Waals surface area contributed by atoms with E-state index in [0.717, 1.165) is 23.9 Å². The molecule has 0 spiro atoms. The Morgan fingerprint density at radius 2 is 2.15 bits per heavy atom. The van der Waals surface area contributed by atoms with Crippen LogP contribution < -0.4 is 5.56 Å². The van der Waals surface area contributed by atoms with Crippen molar-refractivity contribution in [2.24, 2.45) is 0 Å². The van der Waals surface area contributed by atoms with E-state index in [2.05, 4.69) is 11.9 Å². The fraction of sp³-hybridized carbons (Fsp3) is 0.474. The molecule has 1 aliphatic heterocycles. The number of rotatable bonds is 7. The van der Waals surface area contributed by atoms with Gasteiger partial charge in [-0.15, -0.1) is 0 Å². The fourth-order valence-electron chi connectivity index (χ4n) is 2.97. The average molecular weight is 358 g/mol. The molecule has 0 N–H and O–H groups in total. The third kappa shape index (κ3) is 3.92. The molecule has 7 heteroatoms. The Labute approximate surface area is 150 Å². The second-order valence-electron chi connectivity index (χ2n) is 6.29. The van der Waals surface area contributed by atoms with Crippen LogP contribution in [0, 0.1) is 0 Å². The van der Waals surface area contributed by atoms with Crippen LogP contribution in [-0.4, -0.2) is 34.2 Å². The van der Waals surface area contributed by atoms with Crippen LogP contribution in [0.15, 0.2) is 29.1 Å². The molecule has 26 heavy (non-hydrogen) atoms. The highest BCUT2D eigenvalue weighted by molar-refractivity contribution is 5.80.